The van der Waals surface area contributed by atoms with Crippen LogP contribution in [0.4, 0.5) is 10.2 Å². The van der Waals surface area contributed by atoms with Gasteiger partial charge in [-0.15, -0.1) is 0 Å². The molecule has 4 N–H and O–H groups in total. The zero-order valence-electron chi connectivity index (χ0n) is 12.6. The minimum absolute atomic E-state index is 0.0907. The van der Waals surface area contributed by atoms with Crippen LogP contribution in [0.25, 0.3) is 10.9 Å². The topological polar surface area (TPSA) is 101 Å². The summed E-state index contributed by atoms with van der Waals surface area (Å²) in [7, 11) is 0. The average Bonchev–Trinajstić information content (AvgIpc) is 2.59. The van der Waals surface area contributed by atoms with Gasteiger partial charge >= 0.3 is 5.97 Å². The van der Waals surface area contributed by atoms with E-state index in [1.54, 1.807) is 24.3 Å². The zero-order valence-corrected chi connectivity index (χ0v) is 12.6. The highest BCUT2D eigenvalue weighted by molar-refractivity contribution is 6.04. The van der Waals surface area contributed by atoms with E-state index in [1.807, 2.05) is 0 Å². The lowest BCUT2D eigenvalue weighted by Gasteiger charge is -2.19. The average molecular weight is 326 g/mol. The molecule has 1 aromatic heterocycles. The zero-order chi connectivity index (χ0) is 17.1. The number of aromatic nitrogens is 2. The summed E-state index contributed by atoms with van der Waals surface area (Å²) in [6.45, 7) is 0.216. The fraction of sp³-hybridized carbons (Fsp3) is 0.118. The summed E-state index contributed by atoms with van der Waals surface area (Å²) in [6, 6.07) is 10.6. The Morgan fingerprint density at radius 2 is 2.04 bits per heavy atom. The molecule has 2 aromatic carbocycles. The Labute approximate surface area is 137 Å². The van der Waals surface area contributed by atoms with E-state index < -0.39 is 5.97 Å². The largest absolute Gasteiger partial charge is 0.478 e. The molecule has 0 saturated heterocycles. The highest BCUT2D eigenvalue weighted by Crippen LogP contribution is 2.26. The summed E-state index contributed by atoms with van der Waals surface area (Å²) in [4.78, 5) is 19.6. The van der Waals surface area contributed by atoms with Crippen molar-refractivity contribution < 1.29 is 14.3 Å². The molecule has 1 unspecified atom stereocenters. The third-order valence-electron chi connectivity index (χ3n) is 3.69. The standard InChI is InChI=1S/C17H15FN4O2/c18-11-4-1-3-10(7-11)14(8-19)22-16-12-5-2-6-13(17(23)24)15(12)20-9-21-16/h1-7,9,14H,8,19H2,(H,23,24)(H,20,21,22). The smallest absolute Gasteiger partial charge is 0.337 e. The SMILES string of the molecule is NCC(Nc1ncnc2c(C(=O)O)cccc12)c1cccc(F)c1. The summed E-state index contributed by atoms with van der Waals surface area (Å²) >= 11 is 0. The van der Waals surface area contributed by atoms with Crippen LogP contribution in [0.3, 0.4) is 0 Å². The molecule has 0 aliphatic carbocycles. The van der Waals surface area contributed by atoms with Gasteiger partial charge in [0.2, 0.25) is 0 Å². The van der Waals surface area contributed by atoms with Crippen molar-refractivity contribution in [3.63, 3.8) is 0 Å². The van der Waals surface area contributed by atoms with Gasteiger partial charge in [-0.2, -0.15) is 0 Å². The van der Waals surface area contributed by atoms with E-state index >= 15 is 0 Å². The van der Waals surface area contributed by atoms with Crippen LogP contribution in [0, 0.1) is 5.82 Å². The molecule has 1 heterocycles. The third-order valence-corrected chi connectivity index (χ3v) is 3.69. The van der Waals surface area contributed by atoms with Gasteiger partial charge in [0.05, 0.1) is 17.1 Å². The Bertz CT molecular complexity index is 901. The lowest BCUT2D eigenvalue weighted by atomic mass is 10.1. The molecule has 0 aliphatic rings. The number of anilines is 1. The molecule has 0 bridgehead atoms. The number of fused-ring (bicyclic) bond motifs is 1. The van der Waals surface area contributed by atoms with Crippen LogP contribution in [0.1, 0.15) is 22.0 Å². The van der Waals surface area contributed by atoms with Crippen LogP contribution in [0.5, 0.6) is 0 Å². The predicted molar refractivity (Wildman–Crippen MR) is 88.3 cm³/mol. The van der Waals surface area contributed by atoms with Gasteiger partial charge in [0, 0.05) is 11.9 Å². The molecule has 122 valence electrons. The van der Waals surface area contributed by atoms with E-state index in [0.29, 0.717) is 22.3 Å². The number of nitrogens with one attached hydrogen (secondary N) is 1. The molecule has 6 nitrogen and oxygen atoms in total. The van der Waals surface area contributed by atoms with Crippen LogP contribution in [0.2, 0.25) is 0 Å². The Morgan fingerprint density at radius 1 is 1.25 bits per heavy atom. The van der Waals surface area contributed by atoms with Gasteiger partial charge in [0.1, 0.15) is 18.0 Å². The fourth-order valence-corrected chi connectivity index (χ4v) is 2.54. The maximum atomic E-state index is 13.4. The Balaban J connectivity index is 2.03. The number of carboxylic acids is 1. The van der Waals surface area contributed by atoms with Crippen molar-refractivity contribution in [3.8, 4) is 0 Å². The van der Waals surface area contributed by atoms with Crippen LogP contribution in [-0.4, -0.2) is 27.6 Å². The number of hydrogen-bond acceptors (Lipinski definition) is 5. The fourth-order valence-electron chi connectivity index (χ4n) is 2.54. The Hall–Kier alpha value is -3.06. The number of benzene rings is 2. The maximum absolute atomic E-state index is 13.4. The number of aromatic carboxylic acids is 1. The molecule has 1 atom stereocenters. The van der Waals surface area contributed by atoms with Crippen molar-refractivity contribution in [3.05, 3.63) is 65.7 Å². The van der Waals surface area contributed by atoms with E-state index in [2.05, 4.69) is 15.3 Å². The molecule has 0 fully saturated rings. The number of para-hydroxylation sites is 1. The third kappa shape index (κ3) is 3.02. The minimum atomic E-state index is -1.06. The van der Waals surface area contributed by atoms with Crippen molar-refractivity contribution in [1.29, 1.82) is 0 Å². The van der Waals surface area contributed by atoms with E-state index in [1.165, 1.54) is 24.5 Å². The van der Waals surface area contributed by atoms with Crippen LogP contribution in [-0.2, 0) is 0 Å². The number of hydrogen-bond donors (Lipinski definition) is 3. The van der Waals surface area contributed by atoms with Gasteiger partial charge in [0.25, 0.3) is 0 Å². The van der Waals surface area contributed by atoms with Gasteiger partial charge in [-0.1, -0.05) is 18.2 Å². The number of nitrogens with two attached hydrogens (primary N) is 1. The molecule has 0 amide bonds. The van der Waals surface area contributed by atoms with Crippen LogP contribution < -0.4 is 11.1 Å². The quantitative estimate of drug-likeness (QED) is 0.666. The lowest BCUT2D eigenvalue weighted by molar-refractivity contribution is 0.0699. The molecule has 3 aromatic rings. The maximum Gasteiger partial charge on any atom is 0.337 e. The molecule has 0 aliphatic heterocycles. The first-order chi connectivity index (χ1) is 11.6. The van der Waals surface area contributed by atoms with Gasteiger partial charge < -0.3 is 16.2 Å². The van der Waals surface area contributed by atoms with Gasteiger partial charge in [0.15, 0.2) is 0 Å². The van der Waals surface area contributed by atoms with Crippen molar-refractivity contribution in [1.82, 2.24) is 9.97 Å². The normalized spacial score (nSPS) is 12.1. The molecule has 0 radical (unpaired) electrons. The second-order valence-electron chi connectivity index (χ2n) is 5.22. The first-order valence-electron chi connectivity index (χ1n) is 7.29. The lowest BCUT2D eigenvalue weighted by Crippen LogP contribution is -2.21. The summed E-state index contributed by atoms with van der Waals surface area (Å²) in [5.41, 5.74) is 6.90. The first-order valence-corrected chi connectivity index (χ1v) is 7.29. The number of carboxylic acid groups (broad SMARTS) is 1. The van der Waals surface area contributed by atoms with Crippen molar-refractivity contribution in [2.45, 2.75) is 6.04 Å². The van der Waals surface area contributed by atoms with Crippen molar-refractivity contribution in [2.75, 3.05) is 11.9 Å². The number of carbonyl (C=O) groups is 1. The Morgan fingerprint density at radius 3 is 2.75 bits per heavy atom. The molecular formula is C17H15FN4O2. The predicted octanol–water partition coefficient (Wildman–Crippen LogP) is 2.58. The molecule has 24 heavy (non-hydrogen) atoms. The van der Waals surface area contributed by atoms with Gasteiger partial charge in [-0.05, 0) is 29.8 Å². The second-order valence-corrected chi connectivity index (χ2v) is 5.22. The molecule has 0 saturated carbocycles. The van der Waals surface area contributed by atoms with E-state index in [0.717, 1.165) is 0 Å². The van der Waals surface area contributed by atoms with Crippen molar-refractivity contribution in [2.24, 2.45) is 5.73 Å². The van der Waals surface area contributed by atoms with E-state index in [-0.39, 0.29) is 24.0 Å². The van der Waals surface area contributed by atoms with Crippen LogP contribution in [0.15, 0.2) is 48.8 Å². The highest BCUT2D eigenvalue weighted by atomic mass is 19.1. The number of rotatable bonds is 5. The van der Waals surface area contributed by atoms with Gasteiger partial charge in [-0.25, -0.2) is 19.2 Å². The summed E-state index contributed by atoms with van der Waals surface area (Å²) in [5.74, 6) is -0.970. The molecule has 0 spiro atoms. The van der Waals surface area contributed by atoms with E-state index in [4.69, 9.17) is 5.73 Å². The highest BCUT2D eigenvalue weighted by Gasteiger charge is 2.16. The van der Waals surface area contributed by atoms with Crippen molar-refractivity contribution >= 4 is 22.7 Å². The molecule has 3 rings (SSSR count). The summed E-state index contributed by atoms with van der Waals surface area (Å²) in [5, 5.41) is 13.0. The monoisotopic (exact) mass is 326 g/mol. The minimum Gasteiger partial charge on any atom is -0.478 e. The molecular weight excluding hydrogens is 311 g/mol. The Kier molecular flexibility index (Phi) is 4.35. The second kappa shape index (κ2) is 6.59. The summed E-state index contributed by atoms with van der Waals surface area (Å²) in [6.07, 6.45) is 1.29. The number of halogens is 1. The number of nitrogens with zero attached hydrogens (tertiary/aromatic N) is 2. The van der Waals surface area contributed by atoms with E-state index in [9.17, 15) is 14.3 Å². The summed E-state index contributed by atoms with van der Waals surface area (Å²) < 4.78 is 13.4. The van der Waals surface area contributed by atoms with Crippen LogP contribution >= 0.6 is 0 Å². The van der Waals surface area contributed by atoms with Gasteiger partial charge in [-0.3, -0.25) is 0 Å². The first kappa shape index (κ1) is 15.8. The molecule has 7 heteroatoms.